The number of rotatable bonds is 5. The third kappa shape index (κ3) is 4.66. The van der Waals surface area contributed by atoms with Crippen molar-refractivity contribution in [3.63, 3.8) is 0 Å². The van der Waals surface area contributed by atoms with Crippen LogP contribution in [0.15, 0.2) is 65.8 Å². The van der Waals surface area contributed by atoms with Gasteiger partial charge in [-0.05, 0) is 30.7 Å². The minimum Gasteiger partial charge on any atom is -0.326 e. The first-order valence-corrected chi connectivity index (χ1v) is 8.36. The molecule has 0 aliphatic carbocycles. The molecule has 0 fully saturated rings. The van der Waals surface area contributed by atoms with Crippen LogP contribution in [0.4, 0.5) is 5.69 Å². The van der Waals surface area contributed by atoms with Gasteiger partial charge in [-0.15, -0.1) is 0 Å². The van der Waals surface area contributed by atoms with E-state index in [-0.39, 0.29) is 11.8 Å². The van der Waals surface area contributed by atoms with Gasteiger partial charge in [-0.3, -0.25) is 14.7 Å². The van der Waals surface area contributed by atoms with Crippen LogP contribution < -0.4 is 10.7 Å². The molecule has 136 valence electrons. The summed E-state index contributed by atoms with van der Waals surface area (Å²) in [4.78, 5) is 23.5. The molecule has 0 spiro atoms. The number of carbonyl (C=O) groups excluding carboxylic acids is 2. The Morgan fingerprint density at radius 1 is 1.00 bits per heavy atom. The summed E-state index contributed by atoms with van der Waals surface area (Å²) in [5.41, 5.74) is 6.50. The highest BCUT2D eigenvalue weighted by Gasteiger charge is 2.10. The van der Waals surface area contributed by atoms with Crippen molar-refractivity contribution in [2.24, 2.45) is 5.10 Å². The molecular weight excluding hydrogens is 342 g/mol. The van der Waals surface area contributed by atoms with Crippen LogP contribution in [0.3, 0.4) is 0 Å². The summed E-state index contributed by atoms with van der Waals surface area (Å²) in [6.45, 7) is 3.22. The summed E-state index contributed by atoms with van der Waals surface area (Å²) >= 11 is 0. The number of amides is 2. The average Bonchev–Trinajstić information content (AvgIpc) is 3.16. The molecule has 0 radical (unpaired) electrons. The molecule has 0 bridgehead atoms. The topological polar surface area (TPSA) is 99.2 Å². The molecule has 2 amide bonds. The van der Waals surface area contributed by atoms with Crippen LogP contribution >= 0.6 is 0 Å². The lowest BCUT2D eigenvalue weighted by molar-refractivity contribution is -0.114. The molecule has 0 atom stereocenters. The fourth-order valence-corrected chi connectivity index (χ4v) is 2.48. The van der Waals surface area contributed by atoms with Crippen molar-refractivity contribution in [3.8, 4) is 11.3 Å². The maximum absolute atomic E-state index is 12.3. The number of hydrazone groups is 1. The van der Waals surface area contributed by atoms with E-state index in [0.29, 0.717) is 22.8 Å². The molecule has 3 N–H and O–H groups in total. The second-order valence-electron chi connectivity index (χ2n) is 5.93. The lowest BCUT2D eigenvalue weighted by Crippen LogP contribution is -2.19. The minimum atomic E-state index is -0.387. The first-order valence-electron chi connectivity index (χ1n) is 8.36. The number of aromatic amines is 1. The van der Waals surface area contributed by atoms with Gasteiger partial charge in [0.05, 0.1) is 11.4 Å². The molecule has 27 heavy (non-hydrogen) atoms. The number of nitrogens with one attached hydrogen (secondary N) is 3. The summed E-state index contributed by atoms with van der Waals surface area (Å²) in [7, 11) is 0. The van der Waals surface area contributed by atoms with Crippen molar-refractivity contribution in [1.29, 1.82) is 0 Å². The third-order valence-corrected chi connectivity index (χ3v) is 3.82. The van der Waals surface area contributed by atoms with Crippen molar-refractivity contribution < 1.29 is 9.59 Å². The van der Waals surface area contributed by atoms with Gasteiger partial charge >= 0.3 is 0 Å². The predicted molar refractivity (Wildman–Crippen MR) is 104 cm³/mol. The van der Waals surface area contributed by atoms with E-state index in [1.807, 2.05) is 42.5 Å². The van der Waals surface area contributed by atoms with Crippen molar-refractivity contribution in [2.45, 2.75) is 13.8 Å². The third-order valence-electron chi connectivity index (χ3n) is 3.82. The molecule has 2 aromatic carbocycles. The Morgan fingerprint density at radius 3 is 2.52 bits per heavy atom. The molecule has 0 saturated carbocycles. The molecule has 1 heterocycles. The Bertz CT molecular complexity index is 992. The number of benzene rings is 2. The quantitative estimate of drug-likeness (QED) is 0.481. The largest absolute Gasteiger partial charge is 0.326 e. The smallest absolute Gasteiger partial charge is 0.289 e. The van der Waals surface area contributed by atoms with Gasteiger partial charge in [0.15, 0.2) is 0 Å². The molecule has 3 aromatic rings. The number of hydrogen-bond donors (Lipinski definition) is 3. The van der Waals surface area contributed by atoms with Crippen molar-refractivity contribution in [2.75, 3.05) is 5.32 Å². The Morgan fingerprint density at radius 2 is 1.78 bits per heavy atom. The number of hydrogen-bond acceptors (Lipinski definition) is 4. The van der Waals surface area contributed by atoms with Gasteiger partial charge in [0, 0.05) is 18.2 Å². The number of carbonyl (C=O) groups is 2. The number of aromatic nitrogens is 2. The van der Waals surface area contributed by atoms with Gasteiger partial charge in [-0.1, -0.05) is 42.5 Å². The highest BCUT2D eigenvalue weighted by Crippen LogP contribution is 2.17. The molecule has 0 saturated heterocycles. The van der Waals surface area contributed by atoms with Crippen LogP contribution in [-0.4, -0.2) is 27.7 Å². The van der Waals surface area contributed by atoms with E-state index >= 15 is 0 Å². The predicted octanol–water partition coefficient (Wildman–Crippen LogP) is 3.19. The monoisotopic (exact) mass is 361 g/mol. The molecule has 7 heteroatoms. The van der Waals surface area contributed by atoms with Gasteiger partial charge in [-0.25, -0.2) is 5.43 Å². The average molecular weight is 361 g/mol. The van der Waals surface area contributed by atoms with E-state index in [9.17, 15) is 9.59 Å². The Balaban J connectivity index is 1.69. The van der Waals surface area contributed by atoms with Crippen LogP contribution in [-0.2, 0) is 4.79 Å². The fraction of sp³-hybridized carbons (Fsp3) is 0.100. The summed E-state index contributed by atoms with van der Waals surface area (Å²) in [5.74, 6) is -0.537. The summed E-state index contributed by atoms with van der Waals surface area (Å²) in [6, 6.07) is 18.5. The van der Waals surface area contributed by atoms with Crippen LogP contribution in [0, 0.1) is 0 Å². The minimum absolute atomic E-state index is 0.150. The molecular formula is C20H19N5O2. The SMILES string of the molecule is CC(=O)Nc1cccc(/C(C)=N\NC(=O)c2cc(-c3ccccc3)n[nH]2)c1. The van der Waals surface area contributed by atoms with Gasteiger partial charge in [0.25, 0.3) is 5.91 Å². The van der Waals surface area contributed by atoms with Crippen molar-refractivity contribution in [1.82, 2.24) is 15.6 Å². The van der Waals surface area contributed by atoms with E-state index in [2.05, 4.69) is 26.0 Å². The van der Waals surface area contributed by atoms with Gasteiger partial charge in [0.1, 0.15) is 5.69 Å². The molecule has 0 unspecified atom stereocenters. The number of nitrogens with zero attached hydrogens (tertiary/aromatic N) is 2. The van der Waals surface area contributed by atoms with E-state index in [1.165, 1.54) is 6.92 Å². The van der Waals surface area contributed by atoms with Crippen molar-refractivity contribution >= 4 is 23.2 Å². The number of H-pyrrole nitrogens is 1. The Labute approximate surface area is 156 Å². The molecule has 1 aromatic heterocycles. The van der Waals surface area contributed by atoms with Gasteiger partial charge in [0.2, 0.25) is 5.91 Å². The zero-order chi connectivity index (χ0) is 19.2. The highest BCUT2D eigenvalue weighted by atomic mass is 16.2. The van der Waals surface area contributed by atoms with Crippen LogP contribution in [0.25, 0.3) is 11.3 Å². The first-order chi connectivity index (χ1) is 13.0. The maximum Gasteiger partial charge on any atom is 0.289 e. The van der Waals surface area contributed by atoms with Crippen LogP contribution in [0.2, 0.25) is 0 Å². The van der Waals surface area contributed by atoms with Crippen LogP contribution in [0.1, 0.15) is 29.9 Å². The van der Waals surface area contributed by atoms with Gasteiger partial charge in [-0.2, -0.15) is 10.2 Å². The second kappa shape index (κ2) is 8.09. The van der Waals surface area contributed by atoms with E-state index < -0.39 is 0 Å². The zero-order valence-corrected chi connectivity index (χ0v) is 15.0. The molecule has 0 aliphatic heterocycles. The normalized spacial score (nSPS) is 11.1. The fourth-order valence-electron chi connectivity index (χ4n) is 2.48. The second-order valence-corrected chi connectivity index (χ2v) is 5.93. The lowest BCUT2D eigenvalue weighted by atomic mass is 10.1. The maximum atomic E-state index is 12.3. The summed E-state index contributed by atoms with van der Waals surface area (Å²) in [6.07, 6.45) is 0. The molecule has 3 rings (SSSR count). The molecule has 0 aliphatic rings. The Hall–Kier alpha value is -3.74. The van der Waals surface area contributed by atoms with E-state index in [1.54, 1.807) is 25.1 Å². The van der Waals surface area contributed by atoms with E-state index in [0.717, 1.165) is 11.1 Å². The van der Waals surface area contributed by atoms with Crippen LogP contribution in [0.5, 0.6) is 0 Å². The summed E-state index contributed by atoms with van der Waals surface area (Å²) in [5, 5.41) is 13.7. The summed E-state index contributed by atoms with van der Waals surface area (Å²) < 4.78 is 0. The van der Waals surface area contributed by atoms with Gasteiger partial charge < -0.3 is 5.32 Å². The highest BCUT2D eigenvalue weighted by molar-refractivity contribution is 6.01. The first kappa shape index (κ1) is 18.1. The Kier molecular flexibility index (Phi) is 5.41. The number of anilines is 1. The molecule has 7 nitrogen and oxygen atoms in total. The lowest BCUT2D eigenvalue weighted by Gasteiger charge is -2.06. The standard InChI is InChI=1S/C20H19N5O2/c1-13(16-9-6-10-17(11-16)21-14(2)26)22-25-20(27)19-12-18(23-24-19)15-7-4-3-5-8-15/h3-12H,1-2H3,(H,21,26)(H,23,24)(H,25,27)/b22-13-. The zero-order valence-electron chi connectivity index (χ0n) is 15.0. The van der Waals surface area contributed by atoms with E-state index in [4.69, 9.17) is 0 Å². The van der Waals surface area contributed by atoms with Crippen molar-refractivity contribution in [3.05, 3.63) is 71.9 Å².